The number of non-ortho nitro benzene ring substituents is 1. The van der Waals surface area contributed by atoms with Gasteiger partial charge in [0, 0.05) is 31.3 Å². The number of para-hydroxylation sites is 1. The van der Waals surface area contributed by atoms with Crippen LogP contribution in [0.2, 0.25) is 0 Å². The second-order valence-corrected chi connectivity index (χ2v) is 5.20. The number of benzene rings is 1. The van der Waals surface area contributed by atoms with E-state index in [1.165, 1.54) is 0 Å². The van der Waals surface area contributed by atoms with Gasteiger partial charge in [0.1, 0.15) is 5.52 Å². The summed E-state index contributed by atoms with van der Waals surface area (Å²) in [6.07, 6.45) is 2.68. The normalized spacial score (nSPS) is 11.9. The molecule has 102 valence electrons. The Morgan fingerprint density at radius 1 is 1.37 bits per heavy atom. The maximum atomic E-state index is 11.1. The molecule has 0 aliphatic rings. The second kappa shape index (κ2) is 5.01. The largest absolute Gasteiger partial charge is 0.379 e. The van der Waals surface area contributed by atoms with Crippen molar-refractivity contribution in [2.75, 3.05) is 7.11 Å². The molecule has 0 bridgehead atoms. The number of ether oxygens (including phenoxy) is 1. The third-order valence-electron chi connectivity index (χ3n) is 3.47. The Morgan fingerprint density at radius 3 is 2.74 bits per heavy atom. The number of fused-ring (bicyclic) bond motifs is 1. The summed E-state index contributed by atoms with van der Waals surface area (Å²) in [4.78, 5) is 10.8. The van der Waals surface area contributed by atoms with Gasteiger partial charge in [-0.25, -0.2) is 0 Å². The van der Waals surface area contributed by atoms with Crippen LogP contribution in [0.4, 0.5) is 5.69 Å². The maximum Gasteiger partial charge on any atom is 0.293 e. The number of nitro groups is 1. The van der Waals surface area contributed by atoms with Gasteiger partial charge in [-0.2, -0.15) is 0 Å². The van der Waals surface area contributed by atoms with Gasteiger partial charge in [0.25, 0.3) is 5.69 Å². The van der Waals surface area contributed by atoms with E-state index >= 15 is 0 Å². The van der Waals surface area contributed by atoms with E-state index in [4.69, 9.17) is 4.74 Å². The van der Waals surface area contributed by atoms with Crippen LogP contribution in [-0.4, -0.2) is 22.2 Å². The van der Waals surface area contributed by atoms with E-state index in [1.54, 1.807) is 19.2 Å². The van der Waals surface area contributed by atoms with Gasteiger partial charge in [0.15, 0.2) is 0 Å². The molecule has 1 aromatic heterocycles. The highest BCUT2D eigenvalue weighted by atomic mass is 16.6. The molecule has 1 heterocycles. The molecule has 0 saturated heterocycles. The number of nitro benzene ring substituents is 1. The van der Waals surface area contributed by atoms with Crippen LogP contribution in [0.5, 0.6) is 0 Å². The minimum atomic E-state index is -0.333. The van der Waals surface area contributed by atoms with Crippen LogP contribution in [0, 0.1) is 10.1 Å². The zero-order chi connectivity index (χ0) is 14.0. The fourth-order valence-electron chi connectivity index (χ4n) is 2.07. The monoisotopic (exact) mass is 262 g/mol. The second-order valence-electron chi connectivity index (χ2n) is 5.20. The lowest BCUT2D eigenvalue weighted by molar-refractivity contribution is -0.383. The third kappa shape index (κ3) is 2.76. The van der Waals surface area contributed by atoms with Gasteiger partial charge in [0.2, 0.25) is 0 Å². The van der Waals surface area contributed by atoms with Crippen molar-refractivity contribution in [2.24, 2.45) is 0 Å². The van der Waals surface area contributed by atoms with E-state index in [1.807, 2.05) is 36.7 Å². The molecular weight excluding hydrogens is 244 g/mol. The SMILES string of the molecule is COC(C)(C)CCn1ccc2cccc([N+](=O)[O-])c21. The van der Waals surface area contributed by atoms with Gasteiger partial charge >= 0.3 is 0 Å². The molecule has 0 spiro atoms. The van der Waals surface area contributed by atoms with E-state index in [0.717, 1.165) is 11.8 Å². The average molecular weight is 262 g/mol. The molecule has 0 atom stereocenters. The number of methoxy groups -OCH3 is 1. The fraction of sp³-hybridized carbons (Fsp3) is 0.429. The van der Waals surface area contributed by atoms with Crippen molar-refractivity contribution in [2.45, 2.75) is 32.4 Å². The van der Waals surface area contributed by atoms with Gasteiger partial charge in [-0.3, -0.25) is 10.1 Å². The Kier molecular flexibility index (Phi) is 3.57. The number of hydrogen-bond acceptors (Lipinski definition) is 3. The Balaban J connectivity index is 2.36. The molecule has 5 nitrogen and oxygen atoms in total. The summed E-state index contributed by atoms with van der Waals surface area (Å²) in [7, 11) is 1.68. The van der Waals surface area contributed by atoms with Crippen molar-refractivity contribution in [3.8, 4) is 0 Å². The van der Waals surface area contributed by atoms with Crippen molar-refractivity contribution in [1.29, 1.82) is 0 Å². The Labute approximate surface area is 111 Å². The van der Waals surface area contributed by atoms with Crippen molar-refractivity contribution < 1.29 is 9.66 Å². The van der Waals surface area contributed by atoms with Gasteiger partial charge in [-0.15, -0.1) is 0 Å². The number of aryl methyl sites for hydroxylation is 1. The molecule has 0 N–H and O–H groups in total. The highest BCUT2D eigenvalue weighted by Gasteiger charge is 2.19. The maximum absolute atomic E-state index is 11.1. The summed E-state index contributed by atoms with van der Waals surface area (Å²) in [6, 6.07) is 7.05. The Morgan fingerprint density at radius 2 is 2.11 bits per heavy atom. The molecule has 0 amide bonds. The van der Waals surface area contributed by atoms with Crippen LogP contribution in [0.1, 0.15) is 20.3 Å². The topological polar surface area (TPSA) is 57.3 Å². The standard InChI is InChI=1S/C14H18N2O3/c1-14(2,19-3)8-10-15-9-7-11-5-4-6-12(13(11)15)16(17)18/h4-7,9H,8,10H2,1-3H3. The lowest BCUT2D eigenvalue weighted by Crippen LogP contribution is -2.24. The zero-order valence-corrected chi connectivity index (χ0v) is 11.4. The quantitative estimate of drug-likeness (QED) is 0.613. The summed E-state index contributed by atoms with van der Waals surface area (Å²) in [6.45, 7) is 4.70. The van der Waals surface area contributed by atoms with E-state index in [-0.39, 0.29) is 16.2 Å². The van der Waals surface area contributed by atoms with Crippen molar-refractivity contribution in [3.63, 3.8) is 0 Å². The summed E-state index contributed by atoms with van der Waals surface area (Å²) < 4.78 is 7.30. The molecule has 2 rings (SSSR count). The first-order valence-electron chi connectivity index (χ1n) is 6.22. The van der Waals surface area contributed by atoms with Crippen LogP contribution in [0.15, 0.2) is 30.5 Å². The first-order chi connectivity index (χ1) is 8.94. The summed E-state index contributed by atoms with van der Waals surface area (Å²) in [5.41, 5.74) is 0.595. The van der Waals surface area contributed by atoms with Gasteiger partial charge in [0.05, 0.1) is 10.5 Å². The molecule has 0 unspecified atom stereocenters. The fourth-order valence-corrected chi connectivity index (χ4v) is 2.07. The molecule has 1 aromatic carbocycles. The highest BCUT2D eigenvalue weighted by Crippen LogP contribution is 2.27. The predicted octanol–water partition coefficient (Wildman–Crippen LogP) is 3.36. The Hall–Kier alpha value is -1.88. The molecule has 2 aromatic rings. The number of nitrogens with zero attached hydrogens (tertiary/aromatic N) is 2. The Bertz CT molecular complexity index is 602. The van der Waals surface area contributed by atoms with Crippen LogP contribution < -0.4 is 0 Å². The van der Waals surface area contributed by atoms with E-state index in [0.29, 0.717) is 12.1 Å². The van der Waals surface area contributed by atoms with Crippen LogP contribution in [-0.2, 0) is 11.3 Å². The zero-order valence-electron chi connectivity index (χ0n) is 11.4. The van der Waals surface area contributed by atoms with Crippen LogP contribution in [0.3, 0.4) is 0 Å². The molecule has 0 aliphatic carbocycles. The summed E-state index contributed by atoms with van der Waals surface area (Å²) in [5.74, 6) is 0. The smallest absolute Gasteiger partial charge is 0.293 e. The molecule has 0 radical (unpaired) electrons. The summed E-state index contributed by atoms with van der Waals surface area (Å²) in [5, 5.41) is 12.0. The number of hydrogen-bond donors (Lipinski definition) is 0. The molecule has 19 heavy (non-hydrogen) atoms. The van der Waals surface area contributed by atoms with Crippen molar-refractivity contribution >= 4 is 16.6 Å². The molecular formula is C14H18N2O3. The number of rotatable bonds is 5. The minimum absolute atomic E-state index is 0.151. The molecule has 0 saturated carbocycles. The molecule has 5 heteroatoms. The average Bonchev–Trinajstić information content (AvgIpc) is 2.79. The highest BCUT2D eigenvalue weighted by molar-refractivity contribution is 5.88. The first-order valence-corrected chi connectivity index (χ1v) is 6.22. The van der Waals surface area contributed by atoms with E-state index in [9.17, 15) is 10.1 Å². The van der Waals surface area contributed by atoms with Gasteiger partial charge in [-0.05, 0) is 26.3 Å². The summed E-state index contributed by atoms with van der Waals surface area (Å²) >= 11 is 0. The predicted molar refractivity (Wildman–Crippen MR) is 74.3 cm³/mol. The first kappa shape index (κ1) is 13.5. The lowest BCUT2D eigenvalue weighted by atomic mass is 10.1. The van der Waals surface area contributed by atoms with Gasteiger partial charge in [-0.1, -0.05) is 12.1 Å². The van der Waals surface area contributed by atoms with Crippen LogP contribution in [0.25, 0.3) is 10.9 Å². The van der Waals surface area contributed by atoms with Crippen LogP contribution >= 0.6 is 0 Å². The van der Waals surface area contributed by atoms with E-state index < -0.39 is 0 Å². The van der Waals surface area contributed by atoms with Crippen molar-refractivity contribution in [1.82, 2.24) is 4.57 Å². The third-order valence-corrected chi connectivity index (χ3v) is 3.47. The van der Waals surface area contributed by atoms with E-state index in [2.05, 4.69) is 0 Å². The minimum Gasteiger partial charge on any atom is -0.379 e. The molecule has 0 fully saturated rings. The van der Waals surface area contributed by atoms with Gasteiger partial charge < -0.3 is 9.30 Å². The lowest BCUT2D eigenvalue weighted by Gasteiger charge is -2.23. The number of aromatic nitrogens is 1. The molecule has 0 aliphatic heterocycles. The van der Waals surface area contributed by atoms with Crippen molar-refractivity contribution in [3.05, 3.63) is 40.6 Å².